The molecule has 2 amide bonds. The van der Waals surface area contributed by atoms with Crippen LogP contribution in [0.25, 0.3) is 0 Å². The fourth-order valence-electron chi connectivity index (χ4n) is 3.11. The Kier molecular flexibility index (Phi) is 7.65. The lowest BCUT2D eigenvalue weighted by molar-refractivity contribution is -0.135. The summed E-state index contributed by atoms with van der Waals surface area (Å²) in [7, 11) is 0. The predicted molar refractivity (Wildman–Crippen MR) is 94.7 cm³/mol. The summed E-state index contributed by atoms with van der Waals surface area (Å²) in [5.41, 5.74) is 0. The van der Waals surface area contributed by atoms with Gasteiger partial charge in [0, 0.05) is 69.8 Å². The maximum atomic E-state index is 12.4. The largest absolute Gasteiger partial charge is 0.342 e. The first kappa shape index (κ1) is 18.5. The zero-order valence-electron chi connectivity index (χ0n) is 14.4. The average molecular weight is 343 g/mol. The van der Waals surface area contributed by atoms with Crippen LogP contribution >= 0.6 is 11.8 Å². The summed E-state index contributed by atoms with van der Waals surface area (Å²) in [6.45, 7) is 10.1. The molecule has 0 saturated carbocycles. The minimum absolute atomic E-state index is 0.193. The molecule has 1 N–H and O–H groups in total. The molecule has 0 bridgehead atoms. The average Bonchev–Trinajstić information content (AvgIpc) is 2.57. The van der Waals surface area contributed by atoms with E-state index in [1.165, 1.54) is 0 Å². The summed E-state index contributed by atoms with van der Waals surface area (Å²) in [5.74, 6) is 2.62. The third-order valence-electron chi connectivity index (χ3n) is 4.62. The Balaban J connectivity index is 1.70. The molecule has 2 aliphatic rings. The second kappa shape index (κ2) is 9.49. The van der Waals surface area contributed by atoms with Crippen molar-refractivity contribution in [3.05, 3.63) is 0 Å². The molecular formula is C16H30N4O2S. The number of nitrogens with one attached hydrogen (secondary N) is 1. The van der Waals surface area contributed by atoms with Gasteiger partial charge in [0.2, 0.25) is 11.8 Å². The van der Waals surface area contributed by atoms with E-state index < -0.39 is 0 Å². The van der Waals surface area contributed by atoms with Crippen LogP contribution in [0.15, 0.2) is 0 Å². The number of hydrogen-bond donors (Lipinski definition) is 1. The molecule has 23 heavy (non-hydrogen) atoms. The molecule has 0 aromatic heterocycles. The molecule has 2 heterocycles. The number of rotatable bonds is 6. The summed E-state index contributed by atoms with van der Waals surface area (Å²) >= 11 is 1.92. The molecule has 1 unspecified atom stereocenters. The van der Waals surface area contributed by atoms with E-state index in [4.69, 9.17) is 0 Å². The minimum Gasteiger partial charge on any atom is -0.342 e. The van der Waals surface area contributed by atoms with E-state index in [9.17, 15) is 9.59 Å². The smallest absolute Gasteiger partial charge is 0.236 e. The number of carbonyl (C=O) groups is 2. The first-order valence-corrected chi connectivity index (χ1v) is 9.88. The van der Waals surface area contributed by atoms with Crippen LogP contribution < -0.4 is 5.32 Å². The number of likely N-dealkylation sites (N-methyl/N-ethyl adjacent to an activating group) is 1. The van der Waals surface area contributed by atoms with Crippen molar-refractivity contribution in [3.8, 4) is 0 Å². The van der Waals surface area contributed by atoms with Gasteiger partial charge in [-0.3, -0.25) is 14.5 Å². The number of carbonyl (C=O) groups excluding carboxylic acids is 2. The van der Waals surface area contributed by atoms with Crippen molar-refractivity contribution >= 4 is 23.6 Å². The summed E-state index contributed by atoms with van der Waals surface area (Å²) in [6, 6.07) is 0.323. The second-order valence-corrected chi connectivity index (χ2v) is 7.30. The summed E-state index contributed by atoms with van der Waals surface area (Å²) < 4.78 is 0. The maximum Gasteiger partial charge on any atom is 0.236 e. The fraction of sp³-hybridized carbons (Fsp3) is 0.875. The van der Waals surface area contributed by atoms with Crippen LogP contribution in [0.4, 0.5) is 0 Å². The molecule has 2 aliphatic heterocycles. The van der Waals surface area contributed by atoms with E-state index in [2.05, 4.69) is 10.2 Å². The molecule has 132 valence electrons. The molecule has 6 nitrogen and oxygen atoms in total. The Hall–Kier alpha value is -0.790. The van der Waals surface area contributed by atoms with E-state index in [1.54, 1.807) is 0 Å². The first-order valence-electron chi connectivity index (χ1n) is 8.73. The minimum atomic E-state index is 0.193. The van der Waals surface area contributed by atoms with Gasteiger partial charge >= 0.3 is 0 Å². The molecule has 2 fully saturated rings. The number of nitrogens with zero attached hydrogens (tertiary/aromatic N) is 3. The van der Waals surface area contributed by atoms with Gasteiger partial charge in [-0.2, -0.15) is 11.8 Å². The van der Waals surface area contributed by atoms with Crippen LogP contribution in [-0.2, 0) is 9.59 Å². The van der Waals surface area contributed by atoms with Crippen LogP contribution in [-0.4, -0.2) is 96.4 Å². The molecule has 0 spiro atoms. The van der Waals surface area contributed by atoms with E-state index in [-0.39, 0.29) is 11.8 Å². The van der Waals surface area contributed by atoms with Gasteiger partial charge in [0.05, 0.1) is 6.54 Å². The maximum absolute atomic E-state index is 12.4. The van der Waals surface area contributed by atoms with Crippen LogP contribution in [0, 0.1) is 0 Å². The van der Waals surface area contributed by atoms with Crippen LogP contribution in [0.5, 0.6) is 0 Å². The Morgan fingerprint density at radius 1 is 1.17 bits per heavy atom. The molecule has 0 aromatic rings. The van der Waals surface area contributed by atoms with E-state index in [0.29, 0.717) is 19.0 Å². The highest BCUT2D eigenvalue weighted by Crippen LogP contribution is 2.12. The number of piperazine rings is 1. The third-order valence-corrected chi connectivity index (χ3v) is 5.75. The van der Waals surface area contributed by atoms with Gasteiger partial charge in [0.25, 0.3) is 0 Å². The van der Waals surface area contributed by atoms with Crippen LogP contribution in [0.2, 0.25) is 0 Å². The lowest BCUT2D eigenvalue weighted by Gasteiger charge is -2.36. The SMILES string of the molecule is CCN(CC)C(=O)CN1CCN(C(=O)CC2CSCCN2)CC1. The molecule has 7 heteroatoms. The van der Waals surface area contributed by atoms with Crippen molar-refractivity contribution in [1.82, 2.24) is 20.0 Å². The van der Waals surface area contributed by atoms with Crippen molar-refractivity contribution in [2.45, 2.75) is 26.3 Å². The Bertz CT molecular complexity index is 390. The van der Waals surface area contributed by atoms with E-state index in [1.807, 2.05) is 35.4 Å². The lowest BCUT2D eigenvalue weighted by atomic mass is 10.2. The normalized spacial score (nSPS) is 22.9. The number of thioether (sulfide) groups is 1. The van der Waals surface area contributed by atoms with Gasteiger partial charge in [-0.1, -0.05) is 0 Å². The highest BCUT2D eigenvalue weighted by Gasteiger charge is 2.25. The standard InChI is InChI=1S/C16H30N4O2S/c1-3-19(4-2)16(22)12-18-6-8-20(9-7-18)15(21)11-14-13-23-10-5-17-14/h14,17H,3-13H2,1-2H3. The number of amides is 2. The number of hydrogen-bond acceptors (Lipinski definition) is 5. The topological polar surface area (TPSA) is 55.9 Å². The van der Waals surface area contributed by atoms with Gasteiger partial charge in [-0.15, -0.1) is 0 Å². The monoisotopic (exact) mass is 342 g/mol. The van der Waals surface area contributed by atoms with Gasteiger partial charge in [0.1, 0.15) is 0 Å². The third kappa shape index (κ3) is 5.65. The summed E-state index contributed by atoms with van der Waals surface area (Å²) in [6.07, 6.45) is 0.603. The van der Waals surface area contributed by atoms with Crippen molar-refractivity contribution in [2.75, 3.05) is 63.9 Å². The molecule has 2 saturated heterocycles. The van der Waals surface area contributed by atoms with Crippen molar-refractivity contribution in [3.63, 3.8) is 0 Å². The summed E-state index contributed by atoms with van der Waals surface area (Å²) in [4.78, 5) is 30.5. The molecule has 0 aromatic carbocycles. The predicted octanol–water partition coefficient (Wildman–Crippen LogP) is 0.0941. The second-order valence-electron chi connectivity index (χ2n) is 6.15. The quantitative estimate of drug-likeness (QED) is 0.742. The summed E-state index contributed by atoms with van der Waals surface area (Å²) in [5, 5.41) is 3.42. The molecule has 0 aliphatic carbocycles. The molecule has 1 atom stereocenters. The Labute approximate surface area is 143 Å². The van der Waals surface area contributed by atoms with Crippen molar-refractivity contribution in [1.29, 1.82) is 0 Å². The van der Waals surface area contributed by atoms with E-state index >= 15 is 0 Å². The van der Waals surface area contributed by atoms with Gasteiger partial charge in [0.15, 0.2) is 0 Å². The fourth-order valence-corrected chi connectivity index (χ4v) is 4.06. The highest BCUT2D eigenvalue weighted by molar-refractivity contribution is 7.99. The Morgan fingerprint density at radius 2 is 1.87 bits per heavy atom. The van der Waals surface area contributed by atoms with Crippen molar-refractivity contribution in [2.24, 2.45) is 0 Å². The van der Waals surface area contributed by atoms with Gasteiger partial charge in [-0.25, -0.2) is 0 Å². The van der Waals surface area contributed by atoms with Crippen LogP contribution in [0.3, 0.4) is 0 Å². The molecule has 2 rings (SSSR count). The van der Waals surface area contributed by atoms with E-state index in [0.717, 1.165) is 57.3 Å². The van der Waals surface area contributed by atoms with Gasteiger partial charge < -0.3 is 15.1 Å². The zero-order valence-corrected chi connectivity index (χ0v) is 15.2. The van der Waals surface area contributed by atoms with Crippen molar-refractivity contribution < 1.29 is 9.59 Å². The lowest BCUT2D eigenvalue weighted by Crippen LogP contribution is -2.52. The molecule has 0 radical (unpaired) electrons. The molecular weight excluding hydrogens is 312 g/mol. The zero-order chi connectivity index (χ0) is 16.7. The Morgan fingerprint density at radius 3 is 2.43 bits per heavy atom. The first-order chi connectivity index (χ1) is 11.1. The van der Waals surface area contributed by atoms with Crippen LogP contribution in [0.1, 0.15) is 20.3 Å². The highest BCUT2D eigenvalue weighted by atomic mass is 32.2. The van der Waals surface area contributed by atoms with Gasteiger partial charge in [-0.05, 0) is 13.8 Å².